The third kappa shape index (κ3) is 1.80. The van der Waals surface area contributed by atoms with E-state index in [9.17, 15) is 0 Å². The summed E-state index contributed by atoms with van der Waals surface area (Å²) in [4.78, 5) is 6.19. The zero-order chi connectivity index (χ0) is 12.2. The van der Waals surface area contributed by atoms with Crippen molar-refractivity contribution in [1.29, 1.82) is 0 Å². The third-order valence-corrected chi connectivity index (χ3v) is 4.73. The van der Waals surface area contributed by atoms with Gasteiger partial charge in [0.1, 0.15) is 0 Å². The molecule has 88 valence electrons. The molecule has 0 aliphatic heterocycles. The van der Waals surface area contributed by atoms with E-state index in [4.69, 9.17) is 16.6 Å². The van der Waals surface area contributed by atoms with Crippen LogP contribution in [0.4, 0.5) is 0 Å². The number of hydrogen-bond donors (Lipinski definition) is 0. The molecule has 1 heterocycles. The Morgan fingerprint density at radius 1 is 1.29 bits per heavy atom. The highest BCUT2D eigenvalue weighted by atomic mass is 35.5. The van der Waals surface area contributed by atoms with Gasteiger partial charge in [-0.2, -0.15) is 0 Å². The minimum Gasteiger partial charge on any atom is -0.240 e. The van der Waals surface area contributed by atoms with Crippen LogP contribution in [0.1, 0.15) is 36.2 Å². The summed E-state index contributed by atoms with van der Waals surface area (Å²) >= 11 is 7.86. The predicted molar refractivity (Wildman–Crippen MR) is 74.1 cm³/mol. The summed E-state index contributed by atoms with van der Waals surface area (Å²) in [5, 5.41) is 2.04. The molecule has 1 aliphatic carbocycles. The Morgan fingerprint density at radius 3 is 2.76 bits per heavy atom. The molecule has 1 aromatic carbocycles. The number of halogens is 1. The minimum atomic E-state index is 0.140. The van der Waals surface area contributed by atoms with Gasteiger partial charge in [0.2, 0.25) is 0 Å². The fraction of sp³-hybridized carbons (Fsp3) is 0.357. The lowest BCUT2D eigenvalue weighted by Crippen LogP contribution is -2.10. The van der Waals surface area contributed by atoms with Crippen molar-refractivity contribution in [1.82, 2.24) is 4.98 Å². The molecule has 0 atom stereocenters. The second-order valence-electron chi connectivity index (χ2n) is 5.52. The van der Waals surface area contributed by atoms with Crippen LogP contribution in [0.5, 0.6) is 0 Å². The van der Waals surface area contributed by atoms with Crippen molar-refractivity contribution in [2.75, 3.05) is 0 Å². The summed E-state index contributed by atoms with van der Waals surface area (Å²) in [5.41, 5.74) is 3.89. The Bertz CT molecular complexity index is 593. The molecule has 0 saturated heterocycles. The second kappa shape index (κ2) is 3.56. The van der Waals surface area contributed by atoms with Gasteiger partial charge in [-0.3, -0.25) is 0 Å². The summed E-state index contributed by atoms with van der Waals surface area (Å²) in [7, 11) is 0. The number of rotatable bonds is 0. The average Bonchev–Trinajstić information content (AvgIpc) is 2.72. The van der Waals surface area contributed by atoms with Gasteiger partial charge in [-0.05, 0) is 17.7 Å². The standard InChI is InChI=1S/C14H14ClNS/c1-14(2,3)13-16-12-10-5-4-9(15)6-8(10)7-11(12)17-13/h4-6H,7H2,1-3H3. The Morgan fingerprint density at radius 2 is 2.06 bits per heavy atom. The molecule has 1 aliphatic rings. The topological polar surface area (TPSA) is 12.9 Å². The van der Waals surface area contributed by atoms with Crippen molar-refractivity contribution in [2.24, 2.45) is 0 Å². The van der Waals surface area contributed by atoms with Crippen LogP contribution in [0.25, 0.3) is 11.3 Å². The van der Waals surface area contributed by atoms with Crippen molar-refractivity contribution in [3.8, 4) is 11.3 Å². The maximum atomic E-state index is 6.02. The number of aromatic nitrogens is 1. The largest absolute Gasteiger partial charge is 0.240 e. The van der Waals surface area contributed by atoms with Crippen molar-refractivity contribution in [3.63, 3.8) is 0 Å². The van der Waals surface area contributed by atoms with Crippen LogP contribution in [0.15, 0.2) is 18.2 Å². The molecule has 0 spiro atoms. The van der Waals surface area contributed by atoms with E-state index in [1.165, 1.54) is 26.7 Å². The maximum absolute atomic E-state index is 6.02. The number of benzene rings is 1. The highest BCUT2D eigenvalue weighted by Gasteiger charge is 2.27. The number of fused-ring (bicyclic) bond motifs is 3. The zero-order valence-electron chi connectivity index (χ0n) is 10.2. The Kier molecular flexibility index (Phi) is 2.36. The average molecular weight is 264 g/mol. The SMILES string of the molecule is CC(C)(C)c1nc2c(s1)Cc1cc(Cl)ccc1-2. The van der Waals surface area contributed by atoms with E-state index >= 15 is 0 Å². The molecular weight excluding hydrogens is 250 g/mol. The molecule has 0 bridgehead atoms. The lowest BCUT2D eigenvalue weighted by Gasteiger charge is -2.14. The van der Waals surface area contributed by atoms with Crippen LogP contribution in [0, 0.1) is 0 Å². The fourth-order valence-electron chi connectivity index (χ4n) is 2.12. The van der Waals surface area contributed by atoms with Gasteiger partial charge >= 0.3 is 0 Å². The summed E-state index contributed by atoms with van der Waals surface area (Å²) in [6, 6.07) is 6.10. The van der Waals surface area contributed by atoms with Crippen molar-refractivity contribution in [3.05, 3.63) is 38.7 Å². The molecule has 2 aromatic rings. The first kappa shape index (κ1) is 11.2. The second-order valence-corrected chi connectivity index (χ2v) is 7.04. The monoisotopic (exact) mass is 263 g/mol. The van der Waals surface area contributed by atoms with Gasteiger partial charge in [-0.15, -0.1) is 11.3 Å². The van der Waals surface area contributed by atoms with Gasteiger partial charge < -0.3 is 0 Å². The molecule has 0 saturated carbocycles. The summed E-state index contributed by atoms with van der Waals surface area (Å²) in [5.74, 6) is 0. The zero-order valence-corrected chi connectivity index (χ0v) is 11.7. The van der Waals surface area contributed by atoms with E-state index in [0.29, 0.717) is 0 Å². The lowest BCUT2D eigenvalue weighted by atomic mass is 9.98. The lowest BCUT2D eigenvalue weighted by molar-refractivity contribution is 0.586. The van der Waals surface area contributed by atoms with Gasteiger partial charge in [-0.1, -0.05) is 38.4 Å². The van der Waals surface area contributed by atoms with E-state index in [-0.39, 0.29) is 5.41 Å². The Hall–Kier alpha value is -0.860. The molecule has 0 radical (unpaired) electrons. The van der Waals surface area contributed by atoms with Gasteiger partial charge in [-0.25, -0.2) is 4.98 Å². The first-order valence-corrected chi connectivity index (χ1v) is 6.93. The third-order valence-electron chi connectivity index (χ3n) is 3.01. The van der Waals surface area contributed by atoms with Crippen LogP contribution in [0.3, 0.4) is 0 Å². The minimum absolute atomic E-state index is 0.140. The highest BCUT2D eigenvalue weighted by Crippen LogP contribution is 2.42. The van der Waals surface area contributed by atoms with Gasteiger partial charge in [0.05, 0.1) is 10.7 Å². The summed E-state index contributed by atoms with van der Waals surface area (Å²) < 4.78 is 0. The van der Waals surface area contributed by atoms with Crippen molar-refractivity contribution >= 4 is 22.9 Å². The highest BCUT2D eigenvalue weighted by molar-refractivity contribution is 7.12. The fourth-order valence-corrected chi connectivity index (χ4v) is 3.47. The molecule has 0 unspecified atom stereocenters. The van der Waals surface area contributed by atoms with Crippen LogP contribution in [-0.2, 0) is 11.8 Å². The number of nitrogens with zero attached hydrogens (tertiary/aromatic N) is 1. The molecule has 3 heteroatoms. The quantitative estimate of drug-likeness (QED) is 0.575. The summed E-state index contributed by atoms with van der Waals surface area (Å²) in [6.07, 6.45) is 0.985. The van der Waals surface area contributed by atoms with E-state index in [1.54, 1.807) is 0 Å². The van der Waals surface area contributed by atoms with Crippen LogP contribution >= 0.6 is 22.9 Å². The molecule has 3 rings (SSSR count). The predicted octanol–water partition coefficient (Wildman–Crippen LogP) is 4.67. The van der Waals surface area contributed by atoms with Crippen LogP contribution in [-0.4, -0.2) is 4.98 Å². The first-order chi connectivity index (χ1) is 7.95. The molecule has 0 N–H and O–H groups in total. The molecular formula is C14H14ClNS. The van der Waals surface area contributed by atoms with Gasteiger partial charge in [0.15, 0.2) is 0 Å². The van der Waals surface area contributed by atoms with E-state index in [0.717, 1.165) is 11.4 Å². The summed E-state index contributed by atoms with van der Waals surface area (Å²) in [6.45, 7) is 6.64. The van der Waals surface area contributed by atoms with Crippen molar-refractivity contribution < 1.29 is 0 Å². The smallest absolute Gasteiger partial charge is 0.0989 e. The van der Waals surface area contributed by atoms with Gasteiger partial charge in [0, 0.05) is 27.3 Å². The number of thiazole rings is 1. The van der Waals surface area contributed by atoms with Gasteiger partial charge in [0.25, 0.3) is 0 Å². The van der Waals surface area contributed by atoms with Crippen LogP contribution < -0.4 is 0 Å². The molecule has 0 fully saturated rings. The molecule has 1 nitrogen and oxygen atoms in total. The molecule has 0 amide bonds. The van der Waals surface area contributed by atoms with Crippen molar-refractivity contribution in [2.45, 2.75) is 32.6 Å². The number of hydrogen-bond acceptors (Lipinski definition) is 2. The van der Waals surface area contributed by atoms with E-state index in [2.05, 4.69) is 32.9 Å². The normalized spacial score (nSPS) is 13.6. The Balaban J connectivity index is 2.13. The Labute approximate surface area is 110 Å². The molecule has 1 aromatic heterocycles. The molecule has 17 heavy (non-hydrogen) atoms. The van der Waals surface area contributed by atoms with Crippen LogP contribution in [0.2, 0.25) is 5.02 Å². The maximum Gasteiger partial charge on any atom is 0.0989 e. The first-order valence-electron chi connectivity index (χ1n) is 5.74. The van der Waals surface area contributed by atoms with E-state index < -0.39 is 0 Å². The van der Waals surface area contributed by atoms with E-state index in [1.807, 2.05) is 17.4 Å².